The lowest BCUT2D eigenvalue weighted by Gasteiger charge is -2.16. The quantitative estimate of drug-likeness (QED) is 0.808. The first-order valence-corrected chi connectivity index (χ1v) is 7.65. The van der Waals surface area contributed by atoms with Crippen LogP contribution >= 0.6 is 0 Å². The Morgan fingerprint density at radius 3 is 2.33 bits per heavy atom. The Balaban J connectivity index is 2.01. The van der Waals surface area contributed by atoms with Crippen LogP contribution in [-0.2, 0) is 13.5 Å². The molecule has 0 unspecified atom stereocenters. The van der Waals surface area contributed by atoms with Gasteiger partial charge in [-0.2, -0.15) is 5.10 Å². The maximum atomic E-state index is 12.7. The predicted octanol–water partition coefficient (Wildman–Crippen LogP) is 2.66. The summed E-state index contributed by atoms with van der Waals surface area (Å²) in [4.78, 5) is 12.7. The maximum Gasteiger partial charge on any atom is 0.203 e. The fraction of sp³-hybridized carbons (Fsp3) is 0.333. The molecule has 0 N–H and O–H groups in total. The molecular weight excluding hydrogens is 308 g/mol. The average Bonchev–Trinajstić information content (AvgIpc) is 2.98. The van der Waals surface area contributed by atoms with Crippen molar-refractivity contribution in [3.63, 3.8) is 0 Å². The van der Waals surface area contributed by atoms with Crippen LogP contribution < -0.4 is 14.2 Å². The van der Waals surface area contributed by atoms with E-state index in [9.17, 15) is 4.79 Å². The molecule has 0 saturated carbocycles. The van der Waals surface area contributed by atoms with Crippen LogP contribution in [0.15, 0.2) is 23.9 Å². The number of ether oxygens (including phenoxy) is 3. The Morgan fingerprint density at radius 2 is 1.75 bits per heavy atom. The molecule has 0 bridgehead atoms. The lowest BCUT2D eigenvalue weighted by molar-refractivity contribution is 0.102. The first-order valence-electron chi connectivity index (χ1n) is 7.65. The number of aryl methyl sites for hydroxylation is 1. The largest absolute Gasteiger partial charge is 0.493 e. The fourth-order valence-electron chi connectivity index (χ4n) is 3.01. The van der Waals surface area contributed by atoms with Crippen LogP contribution in [0.3, 0.4) is 0 Å². The third-order valence-corrected chi connectivity index (χ3v) is 4.26. The number of rotatable bonds is 4. The molecule has 0 aliphatic heterocycles. The van der Waals surface area contributed by atoms with Crippen LogP contribution in [0.25, 0.3) is 6.08 Å². The maximum absolute atomic E-state index is 12.7. The monoisotopic (exact) mass is 328 g/mol. The number of aromatic nitrogens is 2. The van der Waals surface area contributed by atoms with Gasteiger partial charge in [-0.25, -0.2) is 0 Å². The minimum Gasteiger partial charge on any atom is -0.493 e. The summed E-state index contributed by atoms with van der Waals surface area (Å²) in [6, 6.07) is 3.67. The molecule has 0 saturated heterocycles. The predicted molar refractivity (Wildman–Crippen MR) is 89.9 cm³/mol. The van der Waals surface area contributed by atoms with Gasteiger partial charge in [0.25, 0.3) is 0 Å². The number of allylic oxidation sites excluding steroid dienone is 1. The number of carbonyl (C=O) groups excluding carboxylic acids is 1. The number of ketones is 1. The lowest BCUT2D eigenvalue weighted by Crippen LogP contribution is -2.15. The third kappa shape index (κ3) is 2.64. The molecule has 0 radical (unpaired) electrons. The Bertz CT molecular complexity index is 795. The minimum atomic E-state index is 0.0260. The topological polar surface area (TPSA) is 62.6 Å². The second-order valence-corrected chi connectivity index (χ2v) is 5.59. The summed E-state index contributed by atoms with van der Waals surface area (Å²) in [6.07, 6.45) is 5.00. The van der Waals surface area contributed by atoms with Crippen molar-refractivity contribution < 1.29 is 19.0 Å². The van der Waals surface area contributed by atoms with Crippen LogP contribution in [0.1, 0.15) is 28.0 Å². The van der Waals surface area contributed by atoms with Crippen molar-refractivity contribution in [2.75, 3.05) is 21.3 Å². The highest BCUT2D eigenvalue weighted by Crippen LogP contribution is 2.39. The molecule has 0 spiro atoms. The number of Topliss-reactive ketones (excluding diaryl/α,β-unsaturated/α-hetero) is 1. The second-order valence-electron chi connectivity index (χ2n) is 5.59. The summed E-state index contributed by atoms with van der Waals surface area (Å²) < 4.78 is 17.8. The molecule has 1 heterocycles. The fourth-order valence-corrected chi connectivity index (χ4v) is 3.01. The molecule has 3 rings (SSSR count). The molecule has 0 amide bonds. The van der Waals surface area contributed by atoms with E-state index < -0.39 is 0 Å². The molecule has 126 valence electrons. The van der Waals surface area contributed by atoms with Gasteiger partial charge in [0.15, 0.2) is 17.3 Å². The van der Waals surface area contributed by atoms with Gasteiger partial charge >= 0.3 is 0 Å². The third-order valence-electron chi connectivity index (χ3n) is 4.26. The van der Waals surface area contributed by atoms with Crippen molar-refractivity contribution in [2.45, 2.75) is 12.8 Å². The number of nitrogens with zero attached hydrogens (tertiary/aromatic N) is 2. The highest BCUT2D eigenvalue weighted by atomic mass is 16.5. The number of hydrogen-bond donors (Lipinski definition) is 0. The number of carbonyl (C=O) groups is 1. The highest BCUT2D eigenvalue weighted by molar-refractivity contribution is 6.12. The number of methoxy groups -OCH3 is 3. The number of benzene rings is 1. The molecule has 1 aromatic heterocycles. The van der Waals surface area contributed by atoms with E-state index in [1.807, 2.05) is 25.3 Å². The van der Waals surface area contributed by atoms with Crippen molar-refractivity contribution in [3.8, 4) is 17.2 Å². The molecule has 6 heteroatoms. The second kappa shape index (κ2) is 6.39. The van der Waals surface area contributed by atoms with Gasteiger partial charge in [-0.3, -0.25) is 9.48 Å². The first kappa shape index (κ1) is 16.1. The summed E-state index contributed by atoms with van der Waals surface area (Å²) in [5.41, 5.74) is 3.26. The SMILES string of the molecule is COc1cc(C=C2CCc3c(cnn3C)C2=O)cc(OC)c1OC. The average molecular weight is 328 g/mol. The van der Waals surface area contributed by atoms with E-state index in [0.29, 0.717) is 29.2 Å². The Hall–Kier alpha value is -2.76. The molecule has 0 atom stereocenters. The standard InChI is InChI=1S/C18H20N2O4/c1-20-14-6-5-12(17(21)13(14)10-19-20)7-11-8-15(22-2)18(24-4)16(9-11)23-3/h7-10H,5-6H2,1-4H3. The zero-order valence-electron chi connectivity index (χ0n) is 14.3. The normalized spacial score (nSPS) is 15.3. The molecule has 1 aliphatic carbocycles. The summed E-state index contributed by atoms with van der Waals surface area (Å²) in [7, 11) is 6.57. The van der Waals surface area contributed by atoms with Crippen molar-refractivity contribution >= 4 is 11.9 Å². The molecule has 0 fully saturated rings. The highest BCUT2D eigenvalue weighted by Gasteiger charge is 2.25. The van der Waals surface area contributed by atoms with E-state index in [-0.39, 0.29) is 5.78 Å². The Labute approximate surface area is 140 Å². The molecule has 2 aromatic rings. The van der Waals surface area contributed by atoms with Gasteiger partial charge in [0.05, 0.1) is 33.1 Å². The Morgan fingerprint density at radius 1 is 1.08 bits per heavy atom. The van der Waals surface area contributed by atoms with Crippen LogP contribution in [0.4, 0.5) is 0 Å². The van der Waals surface area contributed by atoms with E-state index in [4.69, 9.17) is 14.2 Å². The van der Waals surface area contributed by atoms with Crippen LogP contribution in [0.2, 0.25) is 0 Å². The van der Waals surface area contributed by atoms with E-state index in [2.05, 4.69) is 5.10 Å². The zero-order valence-corrected chi connectivity index (χ0v) is 14.3. The smallest absolute Gasteiger partial charge is 0.203 e. The molecule has 24 heavy (non-hydrogen) atoms. The van der Waals surface area contributed by atoms with E-state index >= 15 is 0 Å². The molecule has 1 aromatic carbocycles. The molecular formula is C18H20N2O4. The number of hydrogen-bond acceptors (Lipinski definition) is 5. The summed E-state index contributed by atoms with van der Waals surface area (Å²) >= 11 is 0. The van der Waals surface area contributed by atoms with Crippen molar-refractivity contribution in [1.82, 2.24) is 9.78 Å². The number of fused-ring (bicyclic) bond motifs is 1. The van der Waals surface area contributed by atoms with Gasteiger partial charge in [-0.1, -0.05) is 0 Å². The lowest BCUT2D eigenvalue weighted by atomic mass is 9.90. The minimum absolute atomic E-state index is 0.0260. The van der Waals surface area contributed by atoms with Gasteiger partial charge in [0.2, 0.25) is 5.75 Å². The van der Waals surface area contributed by atoms with E-state index in [1.165, 1.54) is 0 Å². The van der Waals surface area contributed by atoms with E-state index in [0.717, 1.165) is 23.3 Å². The van der Waals surface area contributed by atoms with Crippen molar-refractivity contribution in [2.24, 2.45) is 7.05 Å². The van der Waals surface area contributed by atoms with Crippen LogP contribution in [0.5, 0.6) is 17.2 Å². The van der Waals surface area contributed by atoms with Gasteiger partial charge in [0, 0.05) is 18.3 Å². The van der Waals surface area contributed by atoms with Gasteiger partial charge in [-0.15, -0.1) is 0 Å². The zero-order chi connectivity index (χ0) is 17.3. The molecule has 1 aliphatic rings. The van der Waals surface area contributed by atoms with Gasteiger partial charge in [-0.05, 0) is 36.6 Å². The van der Waals surface area contributed by atoms with Crippen molar-refractivity contribution in [3.05, 3.63) is 40.7 Å². The summed E-state index contributed by atoms with van der Waals surface area (Å²) in [6.45, 7) is 0. The van der Waals surface area contributed by atoms with Gasteiger partial charge < -0.3 is 14.2 Å². The van der Waals surface area contributed by atoms with Crippen LogP contribution in [-0.4, -0.2) is 36.9 Å². The van der Waals surface area contributed by atoms with E-state index in [1.54, 1.807) is 32.2 Å². The van der Waals surface area contributed by atoms with Gasteiger partial charge in [0.1, 0.15) is 0 Å². The Kier molecular flexibility index (Phi) is 4.29. The van der Waals surface area contributed by atoms with Crippen LogP contribution in [0, 0.1) is 0 Å². The summed E-state index contributed by atoms with van der Waals surface area (Å²) in [5, 5.41) is 4.18. The van der Waals surface area contributed by atoms with Crippen molar-refractivity contribution in [1.29, 1.82) is 0 Å². The molecule has 6 nitrogen and oxygen atoms in total. The summed E-state index contributed by atoms with van der Waals surface area (Å²) in [5.74, 6) is 1.69. The first-order chi connectivity index (χ1) is 11.6.